The summed E-state index contributed by atoms with van der Waals surface area (Å²) >= 11 is 0. The Morgan fingerprint density at radius 3 is 2.87 bits per heavy atom. The van der Waals surface area contributed by atoms with E-state index in [9.17, 15) is 4.79 Å². The molecule has 7 heteroatoms. The van der Waals surface area contributed by atoms with Gasteiger partial charge in [0, 0.05) is 60.0 Å². The first-order valence-electron chi connectivity index (χ1n) is 10.8. The van der Waals surface area contributed by atoms with Gasteiger partial charge >= 0.3 is 0 Å². The van der Waals surface area contributed by atoms with Gasteiger partial charge in [0.15, 0.2) is 0 Å². The van der Waals surface area contributed by atoms with E-state index in [2.05, 4.69) is 57.3 Å². The number of aromatic amines is 1. The molecule has 4 aromatic rings. The van der Waals surface area contributed by atoms with Gasteiger partial charge in [0.25, 0.3) is 0 Å². The molecule has 3 aromatic heterocycles. The Balaban J connectivity index is 1.44. The van der Waals surface area contributed by atoms with E-state index in [0.717, 1.165) is 37.0 Å². The van der Waals surface area contributed by atoms with Gasteiger partial charge in [-0.3, -0.25) is 14.5 Å². The molecule has 158 valence electrons. The normalized spacial score (nSPS) is 16.7. The quantitative estimate of drug-likeness (QED) is 0.537. The van der Waals surface area contributed by atoms with Gasteiger partial charge in [-0.1, -0.05) is 11.6 Å². The average Bonchev–Trinajstić information content (AvgIpc) is 3.46. The van der Waals surface area contributed by atoms with E-state index < -0.39 is 0 Å². The first kappa shape index (κ1) is 19.5. The molecule has 1 N–H and O–H groups in total. The van der Waals surface area contributed by atoms with E-state index in [1.54, 1.807) is 11.0 Å². The number of hydrogen-bond acceptors (Lipinski definition) is 4. The molecule has 1 unspecified atom stereocenters. The molecule has 0 bridgehead atoms. The number of nitrogens with one attached hydrogen (secondary N) is 1. The second-order valence-corrected chi connectivity index (χ2v) is 8.29. The number of benzene rings is 1. The van der Waals surface area contributed by atoms with Gasteiger partial charge in [-0.05, 0) is 49.6 Å². The van der Waals surface area contributed by atoms with Crippen molar-refractivity contribution in [1.82, 2.24) is 29.6 Å². The smallest absolute Gasteiger partial charge is 0.224 e. The first-order valence-corrected chi connectivity index (χ1v) is 10.8. The highest BCUT2D eigenvalue weighted by Crippen LogP contribution is 2.39. The Bertz CT molecular complexity index is 1180. The van der Waals surface area contributed by atoms with Gasteiger partial charge < -0.3 is 9.88 Å². The van der Waals surface area contributed by atoms with Crippen LogP contribution in [0.4, 0.5) is 0 Å². The fourth-order valence-electron chi connectivity index (χ4n) is 4.62. The lowest BCUT2D eigenvalue weighted by molar-refractivity contribution is -0.132. The minimum absolute atomic E-state index is 0.178. The Hall–Kier alpha value is -3.48. The summed E-state index contributed by atoms with van der Waals surface area (Å²) in [5.74, 6) is 0.456. The van der Waals surface area contributed by atoms with Crippen molar-refractivity contribution in [3.63, 3.8) is 0 Å². The lowest BCUT2D eigenvalue weighted by Gasteiger charge is -2.33. The van der Waals surface area contributed by atoms with E-state index in [-0.39, 0.29) is 11.8 Å². The number of carbonyl (C=O) groups is 1. The molecule has 1 aliphatic rings. The van der Waals surface area contributed by atoms with Crippen molar-refractivity contribution in [2.24, 2.45) is 0 Å². The number of pyridine rings is 1. The van der Waals surface area contributed by atoms with Gasteiger partial charge in [-0.15, -0.1) is 0 Å². The molecule has 1 atom stereocenters. The highest BCUT2D eigenvalue weighted by molar-refractivity contribution is 5.98. The van der Waals surface area contributed by atoms with Crippen molar-refractivity contribution in [2.45, 2.75) is 38.6 Å². The van der Waals surface area contributed by atoms with Crippen molar-refractivity contribution >= 4 is 16.8 Å². The molecule has 0 aliphatic carbocycles. The summed E-state index contributed by atoms with van der Waals surface area (Å²) in [6, 6.07) is 10.7. The maximum Gasteiger partial charge on any atom is 0.224 e. The summed E-state index contributed by atoms with van der Waals surface area (Å²) in [4.78, 5) is 26.7. The maximum absolute atomic E-state index is 12.9. The number of rotatable bonds is 5. The van der Waals surface area contributed by atoms with Crippen LogP contribution in [0.1, 0.15) is 36.4 Å². The van der Waals surface area contributed by atoms with E-state index in [1.165, 1.54) is 28.5 Å². The molecule has 0 saturated carbocycles. The molecule has 31 heavy (non-hydrogen) atoms. The summed E-state index contributed by atoms with van der Waals surface area (Å²) in [5.41, 5.74) is 6.00. The molecular formula is C24H26N6O. The maximum atomic E-state index is 12.9. The van der Waals surface area contributed by atoms with E-state index >= 15 is 0 Å². The summed E-state index contributed by atoms with van der Waals surface area (Å²) in [5, 5.41) is 5.33. The number of carbonyl (C=O) groups excluding carboxylic acids is 1. The number of piperidine rings is 1. The number of likely N-dealkylation sites (tertiary alicyclic amines) is 1. The average molecular weight is 415 g/mol. The van der Waals surface area contributed by atoms with Crippen LogP contribution >= 0.6 is 0 Å². The van der Waals surface area contributed by atoms with Crippen molar-refractivity contribution in [1.29, 1.82) is 0 Å². The third-order valence-electron chi connectivity index (χ3n) is 6.16. The van der Waals surface area contributed by atoms with Crippen LogP contribution in [0.25, 0.3) is 22.0 Å². The fraction of sp³-hybridized carbons (Fsp3) is 0.333. The molecule has 5 rings (SSSR count). The van der Waals surface area contributed by atoms with Crippen LogP contribution in [-0.2, 0) is 11.3 Å². The number of H-pyrrole nitrogens is 1. The van der Waals surface area contributed by atoms with Crippen LogP contribution in [0, 0.1) is 6.92 Å². The zero-order valence-corrected chi connectivity index (χ0v) is 17.7. The summed E-state index contributed by atoms with van der Waals surface area (Å²) in [6.45, 7) is 4.24. The van der Waals surface area contributed by atoms with Crippen molar-refractivity contribution < 1.29 is 4.79 Å². The third-order valence-corrected chi connectivity index (χ3v) is 6.16. The summed E-state index contributed by atoms with van der Waals surface area (Å²) in [6.07, 6.45) is 9.35. The lowest BCUT2D eigenvalue weighted by atomic mass is 9.89. The summed E-state index contributed by atoms with van der Waals surface area (Å²) < 4.78 is 1.71. The predicted octanol–water partition coefficient (Wildman–Crippen LogP) is 3.93. The number of fused-ring (bicyclic) bond motifs is 1. The molecule has 7 nitrogen and oxygen atoms in total. The minimum atomic E-state index is 0.178. The van der Waals surface area contributed by atoms with Crippen LogP contribution in [-0.4, -0.2) is 48.6 Å². The number of hydrogen-bond donors (Lipinski definition) is 1. The van der Waals surface area contributed by atoms with Crippen molar-refractivity contribution in [2.75, 3.05) is 13.1 Å². The Morgan fingerprint density at radius 1 is 1.19 bits per heavy atom. The number of nitrogens with zero attached hydrogens (tertiary/aromatic N) is 5. The van der Waals surface area contributed by atoms with Gasteiger partial charge in [0.2, 0.25) is 5.91 Å². The highest BCUT2D eigenvalue weighted by Gasteiger charge is 2.28. The van der Waals surface area contributed by atoms with Gasteiger partial charge in [-0.2, -0.15) is 5.10 Å². The van der Waals surface area contributed by atoms with Crippen LogP contribution in [0.5, 0.6) is 0 Å². The molecule has 1 saturated heterocycles. The molecule has 1 fully saturated rings. The van der Waals surface area contributed by atoms with Crippen LogP contribution in [0.3, 0.4) is 0 Å². The van der Waals surface area contributed by atoms with E-state index in [1.807, 2.05) is 17.3 Å². The van der Waals surface area contributed by atoms with Crippen LogP contribution < -0.4 is 0 Å². The molecule has 1 aliphatic heterocycles. The molecule has 1 amide bonds. The fourth-order valence-corrected chi connectivity index (χ4v) is 4.62. The zero-order valence-electron chi connectivity index (χ0n) is 17.7. The standard InChI is InChI=1S/C24H26N6O/c1-17-4-5-21-20(13-17)23(18-6-9-25-10-7-18)24(28-21)19-3-2-11-29(14-19)22(31)8-12-30-16-26-15-27-30/h4-7,9-10,13,15-16,19,28H,2-3,8,11-12,14H2,1H3. The lowest BCUT2D eigenvalue weighted by Crippen LogP contribution is -2.39. The molecule has 0 spiro atoms. The van der Waals surface area contributed by atoms with Gasteiger partial charge in [0.1, 0.15) is 12.7 Å². The van der Waals surface area contributed by atoms with Gasteiger partial charge in [-0.25, -0.2) is 4.98 Å². The topological polar surface area (TPSA) is 79.7 Å². The second kappa shape index (κ2) is 8.34. The number of amides is 1. The molecule has 1 aromatic carbocycles. The van der Waals surface area contributed by atoms with Gasteiger partial charge in [0.05, 0.1) is 6.54 Å². The molecular weight excluding hydrogens is 388 g/mol. The van der Waals surface area contributed by atoms with E-state index in [0.29, 0.717) is 13.0 Å². The monoisotopic (exact) mass is 414 g/mol. The Morgan fingerprint density at radius 2 is 2.06 bits per heavy atom. The zero-order chi connectivity index (χ0) is 21.2. The van der Waals surface area contributed by atoms with Crippen molar-refractivity contribution in [3.05, 3.63) is 66.6 Å². The third kappa shape index (κ3) is 3.95. The molecule has 4 heterocycles. The second-order valence-electron chi connectivity index (χ2n) is 8.29. The largest absolute Gasteiger partial charge is 0.358 e. The summed E-state index contributed by atoms with van der Waals surface area (Å²) in [7, 11) is 0. The van der Waals surface area contributed by atoms with Crippen LogP contribution in [0.2, 0.25) is 0 Å². The highest BCUT2D eigenvalue weighted by atomic mass is 16.2. The Kier molecular flexibility index (Phi) is 5.24. The molecule has 0 radical (unpaired) electrons. The number of aromatic nitrogens is 5. The van der Waals surface area contributed by atoms with E-state index in [4.69, 9.17) is 0 Å². The Labute approximate surface area is 181 Å². The van der Waals surface area contributed by atoms with Crippen molar-refractivity contribution in [3.8, 4) is 11.1 Å². The predicted molar refractivity (Wildman–Crippen MR) is 119 cm³/mol. The van der Waals surface area contributed by atoms with Crippen LogP contribution in [0.15, 0.2) is 55.4 Å². The first-order chi connectivity index (χ1) is 15.2. The minimum Gasteiger partial charge on any atom is -0.358 e. The SMILES string of the molecule is Cc1ccc2[nH]c(C3CCCN(C(=O)CCn4cncn4)C3)c(-c3ccncc3)c2c1. The number of aryl methyl sites for hydroxylation is 2.